The van der Waals surface area contributed by atoms with Gasteiger partial charge in [0.15, 0.2) is 0 Å². The van der Waals surface area contributed by atoms with Gasteiger partial charge in [-0.3, -0.25) is 0 Å². The van der Waals surface area contributed by atoms with Gasteiger partial charge in [-0.05, 0) is 76.5 Å². The summed E-state index contributed by atoms with van der Waals surface area (Å²) < 4.78 is 0. The van der Waals surface area contributed by atoms with Crippen molar-refractivity contribution in [3.05, 3.63) is 0 Å². The first kappa shape index (κ1) is 10.4. The lowest BCUT2D eigenvalue weighted by atomic mass is 9.93. The van der Waals surface area contributed by atoms with Crippen molar-refractivity contribution in [1.29, 1.82) is 0 Å². The van der Waals surface area contributed by atoms with E-state index in [2.05, 4.69) is 10.6 Å². The topological polar surface area (TPSA) is 24.1 Å². The van der Waals surface area contributed by atoms with Crippen molar-refractivity contribution in [2.45, 2.75) is 38.5 Å². The van der Waals surface area contributed by atoms with Gasteiger partial charge >= 0.3 is 0 Å². The largest absolute Gasteiger partial charge is 0.317 e. The van der Waals surface area contributed by atoms with E-state index in [0.29, 0.717) is 0 Å². The molecule has 14 heavy (non-hydrogen) atoms. The minimum absolute atomic E-state index is 1.01. The van der Waals surface area contributed by atoms with Gasteiger partial charge in [0.25, 0.3) is 0 Å². The van der Waals surface area contributed by atoms with E-state index in [1.54, 1.807) is 0 Å². The summed E-state index contributed by atoms with van der Waals surface area (Å²) in [6, 6.07) is 0. The summed E-state index contributed by atoms with van der Waals surface area (Å²) >= 11 is 0. The molecule has 2 fully saturated rings. The van der Waals surface area contributed by atoms with Gasteiger partial charge in [0, 0.05) is 0 Å². The maximum Gasteiger partial charge on any atom is -0.00205 e. The van der Waals surface area contributed by atoms with Gasteiger partial charge in [-0.15, -0.1) is 0 Å². The summed E-state index contributed by atoms with van der Waals surface area (Å²) in [6.45, 7) is 5.03. The summed E-state index contributed by atoms with van der Waals surface area (Å²) in [4.78, 5) is 0. The monoisotopic (exact) mass is 196 g/mol. The predicted molar refractivity (Wildman–Crippen MR) is 60.4 cm³/mol. The highest BCUT2D eigenvalue weighted by atomic mass is 14.9. The lowest BCUT2D eigenvalue weighted by Gasteiger charge is -2.22. The first-order valence-corrected chi connectivity index (χ1v) is 6.36. The molecule has 1 saturated heterocycles. The summed E-state index contributed by atoms with van der Waals surface area (Å²) in [5.74, 6) is 2.05. The fourth-order valence-electron chi connectivity index (χ4n) is 2.31. The van der Waals surface area contributed by atoms with Gasteiger partial charge in [-0.1, -0.05) is 0 Å². The lowest BCUT2D eigenvalue weighted by molar-refractivity contribution is 0.344. The SMILES string of the molecule is C(CNCC1CC1)CC1CCNCC1. The molecule has 0 spiro atoms. The van der Waals surface area contributed by atoms with E-state index < -0.39 is 0 Å². The van der Waals surface area contributed by atoms with Crippen LogP contribution in [0, 0.1) is 11.8 Å². The zero-order valence-corrected chi connectivity index (χ0v) is 9.23. The van der Waals surface area contributed by atoms with Crippen molar-refractivity contribution < 1.29 is 0 Å². The highest BCUT2D eigenvalue weighted by Gasteiger charge is 2.20. The van der Waals surface area contributed by atoms with Gasteiger partial charge in [-0.25, -0.2) is 0 Å². The second kappa shape index (κ2) is 5.72. The molecule has 82 valence electrons. The van der Waals surface area contributed by atoms with Crippen LogP contribution in [0.4, 0.5) is 0 Å². The van der Waals surface area contributed by atoms with E-state index >= 15 is 0 Å². The van der Waals surface area contributed by atoms with E-state index in [1.807, 2.05) is 0 Å². The average Bonchev–Trinajstić information content (AvgIpc) is 3.03. The van der Waals surface area contributed by atoms with Crippen LogP contribution in [0.1, 0.15) is 38.5 Å². The van der Waals surface area contributed by atoms with Crippen LogP contribution in [0.2, 0.25) is 0 Å². The maximum atomic E-state index is 3.57. The molecule has 1 aliphatic heterocycles. The molecule has 2 aliphatic rings. The summed E-state index contributed by atoms with van der Waals surface area (Å²) in [5, 5.41) is 7.00. The Morgan fingerprint density at radius 2 is 1.79 bits per heavy atom. The second-order valence-corrected chi connectivity index (χ2v) is 4.98. The molecule has 2 rings (SSSR count). The molecule has 0 aromatic heterocycles. The van der Waals surface area contributed by atoms with Crippen molar-refractivity contribution in [3.8, 4) is 0 Å². The molecule has 2 N–H and O–H groups in total. The smallest absolute Gasteiger partial charge is 0.00205 e. The van der Waals surface area contributed by atoms with Crippen molar-refractivity contribution in [1.82, 2.24) is 10.6 Å². The summed E-state index contributed by atoms with van der Waals surface area (Å²) in [6.07, 6.45) is 8.59. The van der Waals surface area contributed by atoms with Crippen LogP contribution >= 0.6 is 0 Å². The van der Waals surface area contributed by atoms with E-state index in [-0.39, 0.29) is 0 Å². The van der Waals surface area contributed by atoms with Crippen LogP contribution in [0.15, 0.2) is 0 Å². The first-order valence-electron chi connectivity index (χ1n) is 6.36. The molecule has 0 atom stereocenters. The fraction of sp³-hybridized carbons (Fsp3) is 1.00. The Kier molecular flexibility index (Phi) is 4.26. The predicted octanol–water partition coefficient (Wildman–Crippen LogP) is 1.77. The Hall–Kier alpha value is -0.0800. The van der Waals surface area contributed by atoms with Crippen LogP contribution in [0.3, 0.4) is 0 Å². The maximum absolute atomic E-state index is 3.57. The molecule has 2 heteroatoms. The molecule has 2 nitrogen and oxygen atoms in total. The van der Waals surface area contributed by atoms with E-state index in [9.17, 15) is 0 Å². The number of rotatable bonds is 6. The van der Waals surface area contributed by atoms with Crippen molar-refractivity contribution >= 4 is 0 Å². The molecule has 1 heterocycles. The van der Waals surface area contributed by atoms with Gasteiger partial charge < -0.3 is 10.6 Å². The highest BCUT2D eigenvalue weighted by Crippen LogP contribution is 2.27. The van der Waals surface area contributed by atoms with E-state index in [1.165, 1.54) is 64.7 Å². The minimum atomic E-state index is 1.01. The third-order valence-corrected chi connectivity index (χ3v) is 3.55. The van der Waals surface area contributed by atoms with Crippen molar-refractivity contribution in [2.75, 3.05) is 26.2 Å². The highest BCUT2D eigenvalue weighted by molar-refractivity contribution is 4.75. The van der Waals surface area contributed by atoms with Crippen LogP contribution < -0.4 is 10.6 Å². The Morgan fingerprint density at radius 1 is 1.00 bits per heavy atom. The second-order valence-electron chi connectivity index (χ2n) is 4.98. The normalized spacial score (nSPS) is 24.0. The van der Waals surface area contributed by atoms with Crippen LogP contribution in [0.5, 0.6) is 0 Å². The van der Waals surface area contributed by atoms with Gasteiger partial charge in [0.05, 0.1) is 0 Å². The molecular formula is C12H24N2. The van der Waals surface area contributed by atoms with Crippen molar-refractivity contribution in [2.24, 2.45) is 11.8 Å². The number of hydrogen-bond acceptors (Lipinski definition) is 2. The average molecular weight is 196 g/mol. The molecule has 0 bridgehead atoms. The number of nitrogens with one attached hydrogen (secondary N) is 2. The fourth-order valence-corrected chi connectivity index (χ4v) is 2.31. The van der Waals surface area contributed by atoms with E-state index in [0.717, 1.165) is 11.8 Å². The molecule has 1 aliphatic carbocycles. The molecule has 0 radical (unpaired) electrons. The first-order chi connectivity index (χ1) is 6.95. The quantitative estimate of drug-likeness (QED) is 0.633. The van der Waals surface area contributed by atoms with Crippen molar-refractivity contribution in [3.63, 3.8) is 0 Å². The van der Waals surface area contributed by atoms with Crippen LogP contribution in [-0.2, 0) is 0 Å². The third-order valence-electron chi connectivity index (χ3n) is 3.55. The van der Waals surface area contributed by atoms with Gasteiger partial charge in [0.2, 0.25) is 0 Å². The third kappa shape index (κ3) is 3.97. The Balaban J connectivity index is 1.41. The Bertz CT molecular complexity index is 148. The minimum Gasteiger partial charge on any atom is -0.317 e. The lowest BCUT2D eigenvalue weighted by Crippen LogP contribution is -2.28. The van der Waals surface area contributed by atoms with Crippen LogP contribution in [0.25, 0.3) is 0 Å². The molecular weight excluding hydrogens is 172 g/mol. The molecule has 0 amide bonds. The standard InChI is InChI=1S/C12H24N2/c1(7-14-10-12-3-4-12)2-11-5-8-13-9-6-11/h11-14H,1-10H2. The number of hydrogen-bond donors (Lipinski definition) is 2. The van der Waals surface area contributed by atoms with Gasteiger partial charge in [0.1, 0.15) is 0 Å². The molecule has 0 aromatic carbocycles. The zero-order valence-electron chi connectivity index (χ0n) is 9.23. The molecule has 0 aromatic rings. The Morgan fingerprint density at radius 3 is 2.50 bits per heavy atom. The Labute approximate surface area is 87.8 Å². The summed E-state index contributed by atoms with van der Waals surface area (Å²) in [7, 11) is 0. The number of piperidine rings is 1. The summed E-state index contributed by atoms with van der Waals surface area (Å²) in [5.41, 5.74) is 0. The van der Waals surface area contributed by atoms with Gasteiger partial charge in [-0.2, -0.15) is 0 Å². The molecule has 1 saturated carbocycles. The molecule has 0 unspecified atom stereocenters. The van der Waals surface area contributed by atoms with Crippen LogP contribution in [-0.4, -0.2) is 26.2 Å². The van der Waals surface area contributed by atoms with E-state index in [4.69, 9.17) is 0 Å². The zero-order chi connectivity index (χ0) is 9.64.